The highest BCUT2D eigenvalue weighted by Gasteiger charge is 2.11. The van der Waals surface area contributed by atoms with Crippen molar-refractivity contribution in [3.8, 4) is 5.75 Å². The summed E-state index contributed by atoms with van der Waals surface area (Å²) >= 11 is 6.37. The second-order valence-electron chi connectivity index (χ2n) is 6.25. The quantitative estimate of drug-likeness (QED) is 0.744. The molecule has 21 heavy (non-hydrogen) atoms. The number of alkyl halides is 1. The van der Waals surface area contributed by atoms with E-state index in [9.17, 15) is 0 Å². The fraction of sp³-hybridized carbons (Fsp3) is 0.471. The Morgan fingerprint density at radius 2 is 1.95 bits per heavy atom. The lowest BCUT2D eigenvalue weighted by Crippen LogP contribution is -2.22. The SMILES string of the molecule is CC(C)(C)Oc1ccc(CCC(Cl)Cn2ccnc2)cc1. The van der Waals surface area contributed by atoms with Crippen molar-refractivity contribution in [3.63, 3.8) is 0 Å². The molecule has 2 aromatic rings. The second kappa shape index (κ2) is 6.99. The summed E-state index contributed by atoms with van der Waals surface area (Å²) in [6.45, 7) is 6.95. The molecule has 0 N–H and O–H groups in total. The van der Waals surface area contributed by atoms with E-state index in [1.807, 2.05) is 22.9 Å². The van der Waals surface area contributed by atoms with Crippen LogP contribution in [0, 0.1) is 0 Å². The van der Waals surface area contributed by atoms with Gasteiger partial charge in [0.1, 0.15) is 11.4 Å². The summed E-state index contributed by atoms with van der Waals surface area (Å²) in [4.78, 5) is 4.02. The number of imidazole rings is 1. The number of rotatable bonds is 6. The summed E-state index contributed by atoms with van der Waals surface area (Å²) in [7, 11) is 0. The molecular formula is C17H23ClN2O. The molecule has 1 atom stereocenters. The molecule has 0 aliphatic carbocycles. The lowest BCUT2D eigenvalue weighted by molar-refractivity contribution is 0.131. The van der Waals surface area contributed by atoms with Crippen molar-refractivity contribution in [3.05, 3.63) is 48.5 Å². The highest BCUT2D eigenvalue weighted by Crippen LogP contribution is 2.20. The van der Waals surface area contributed by atoms with Crippen LogP contribution < -0.4 is 4.74 Å². The van der Waals surface area contributed by atoms with Crippen LogP contribution in [0.4, 0.5) is 0 Å². The number of hydrogen-bond acceptors (Lipinski definition) is 2. The van der Waals surface area contributed by atoms with Crippen molar-refractivity contribution < 1.29 is 4.74 Å². The summed E-state index contributed by atoms with van der Waals surface area (Å²) in [6.07, 6.45) is 7.43. The maximum atomic E-state index is 6.37. The molecule has 1 aromatic heterocycles. The van der Waals surface area contributed by atoms with Crippen molar-refractivity contribution >= 4 is 11.6 Å². The van der Waals surface area contributed by atoms with E-state index in [4.69, 9.17) is 16.3 Å². The van der Waals surface area contributed by atoms with Crippen molar-refractivity contribution in [2.45, 2.75) is 51.1 Å². The topological polar surface area (TPSA) is 27.1 Å². The molecular weight excluding hydrogens is 284 g/mol. The van der Waals surface area contributed by atoms with Gasteiger partial charge >= 0.3 is 0 Å². The molecule has 0 bridgehead atoms. The molecule has 0 saturated heterocycles. The number of benzene rings is 1. The fourth-order valence-corrected chi connectivity index (χ4v) is 2.38. The molecule has 0 fully saturated rings. The second-order valence-corrected chi connectivity index (χ2v) is 6.87. The highest BCUT2D eigenvalue weighted by molar-refractivity contribution is 6.20. The van der Waals surface area contributed by atoms with Gasteiger partial charge in [0.25, 0.3) is 0 Å². The Kier molecular flexibility index (Phi) is 5.29. The smallest absolute Gasteiger partial charge is 0.120 e. The van der Waals surface area contributed by atoms with E-state index in [0.717, 1.165) is 25.1 Å². The number of aryl methyl sites for hydroxylation is 1. The molecule has 1 heterocycles. The number of halogens is 1. The van der Waals surface area contributed by atoms with E-state index in [0.29, 0.717) is 0 Å². The van der Waals surface area contributed by atoms with Gasteiger partial charge in [0.2, 0.25) is 0 Å². The minimum Gasteiger partial charge on any atom is -0.488 e. The summed E-state index contributed by atoms with van der Waals surface area (Å²) < 4.78 is 7.83. The number of nitrogens with zero attached hydrogens (tertiary/aromatic N) is 2. The van der Waals surface area contributed by atoms with Crippen LogP contribution >= 0.6 is 11.6 Å². The Bertz CT molecular complexity index is 529. The normalized spacial score (nSPS) is 13.1. The minimum absolute atomic E-state index is 0.115. The van der Waals surface area contributed by atoms with Crippen LogP contribution in [0.2, 0.25) is 0 Å². The fourth-order valence-electron chi connectivity index (χ4n) is 2.12. The molecule has 2 rings (SSSR count). The summed E-state index contributed by atoms with van der Waals surface area (Å²) in [5.41, 5.74) is 1.13. The zero-order valence-electron chi connectivity index (χ0n) is 12.9. The molecule has 0 amide bonds. The average Bonchev–Trinajstić information content (AvgIpc) is 2.89. The third-order valence-electron chi connectivity index (χ3n) is 3.06. The maximum Gasteiger partial charge on any atom is 0.120 e. The molecule has 0 saturated carbocycles. The monoisotopic (exact) mass is 306 g/mol. The predicted molar refractivity (Wildman–Crippen MR) is 87.0 cm³/mol. The Hall–Kier alpha value is -1.48. The van der Waals surface area contributed by atoms with Crippen molar-refractivity contribution in [2.24, 2.45) is 0 Å². The first-order chi connectivity index (χ1) is 9.92. The van der Waals surface area contributed by atoms with Gasteiger partial charge in [0, 0.05) is 18.9 Å². The molecule has 0 aliphatic rings. The zero-order valence-corrected chi connectivity index (χ0v) is 13.7. The first-order valence-electron chi connectivity index (χ1n) is 7.30. The van der Waals surface area contributed by atoms with Crippen LogP contribution in [0.5, 0.6) is 5.75 Å². The van der Waals surface area contributed by atoms with Crippen molar-refractivity contribution in [1.29, 1.82) is 0 Å². The number of hydrogen-bond donors (Lipinski definition) is 0. The zero-order chi connectivity index (χ0) is 15.3. The van der Waals surface area contributed by atoms with Gasteiger partial charge in [-0.15, -0.1) is 11.6 Å². The van der Waals surface area contributed by atoms with Crippen LogP contribution in [-0.2, 0) is 13.0 Å². The molecule has 114 valence electrons. The van der Waals surface area contributed by atoms with Crippen LogP contribution in [0.25, 0.3) is 0 Å². The third-order valence-corrected chi connectivity index (χ3v) is 3.42. The van der Waals surface area contributed by atoms with E-state index < -0.39 is 0 Å². The van der Waals surface area contributed by atoms with Gasteiger partial charge < -0.3 is 9.30 Å². The molecule has 1 unspecified atom stereocenters. The van der Waals surface area contributed by atoms with E-state index in [1.54, 1.807) is 12.5 Å². The van der Waals surface area contributed by atoms with Gasteiger partial charge in [-0.05, 0) is 51.3 Å². The Morgan fingerprint density at radius 1 is 1.24 bits per heavy atom. The number of ether oxygens (including phenoxy) is 1. The standard InChI is InChI=1S/C17H23ClN2O/c1-17(2,3)21-16-8-5-14(6-9-16)4-7-15(18)12-20-11-10-19-13-20/h5-6,8-11,13,15H,4,7,12H2,1-3H3. The van der Waals surface area contributed by atoms with Gasteiger partial charge in [0.05, 0.1) is 11.7 Å². The van der Waals surface area contributed by atoms with E-state index in [1.165, 1.54) is 5.56 Å². The number of aromatic nitrogens is 2. The van der Waals surface area contributed by atoms with E-state index >= 15 is 0 Å². The molecule has 0 spiro atoms. The van der Waals surface area contributed by atoms with Crippen molar-refractivity contribution in [2.75, 3.05) is 0 Å². The van der Waals surface area contributed by atoms with Gasteiger partial charge in [-0.1, -0.05) is 12.1 Å². The molecule has 4 heteroatoms. The highest BCUT2D eigenvalue weighted by atomic mass is 35.5. The van der Waals surface area contributed by atoms with Gasteiger partial charge in [0.15, 0.2) is 0 Å². The lowest BCUT2D eigenvalue weighted by atomic mass is 10.1. The average molecular weight is 307 g/mol. The molecule has 1 aromatic carbocycles. The summed E-state index contributed by atoms with van der Waals surface area (Å²) in [5, 5.41) is 0.115. The van der Waals surface area contributed by atoms with Gasteiger partial charge in [-0.2, -0.15) is 0 Å². The summed E-state index contributed by atoms with van der Waals surface area (Å²) in [5.74, 6) is 0.909. The molecule has 0 radical (unpaired) electrons. The Labute approximate surface area is 131 Å². The summed E-state index contributed by atoms with van der Waals surface area (Å²) in [6, 6.07) is 8.28. The van der Waals surface area contributed by atoms with E-state index in [-0.39, 0.29) is 11.0 Å². The van der Waals surface area contributed by atoms with Gasteiger partial charge in [-0.25, -0.2) is 4.98 Å². The third kappa shape index (κ3) is 5.80. The molecule has 0 aliphatic heterocycles. The molecule has 3 nitrogen and oxygen atoms in total. The van der Waals surface area contributed by atoms with E-state index in [2.05, 4.69) is 37.9 Å². The largest absolute Gasteiger partial charge is 0.488 e. The van der Waals surface area contributed by atoms with Crippen molar-refractivity contribution in [1.82, 2.24) is 9.55 Å². The first-order valence-corrected chi connectivity index (χ1v) is 7.74. The van der Waals surface area contributed by atoms with Gasteiger partial charge in [-0.3, -0.25) is 0 Å². The maximum absolute atomic E-state index is 6.37. The minimum atomic E-state index is -0.159. The van der Waals surface area contributed by atoms with Crippen LogP contribution in [0.1, 0.15) is 32.8 Å². The lowest BCUT2D eigenvalue weighted by Gasteiger charge is -2.21. The Morgan fingerprint density at radius 3 is 2.52 bits per heavy atom. The first kappa shape index (κ1) is 15.9. The predicted octanol–water partition coefficient (Wildman–Crippen LogP) is 4.30. The van der Waals surface area contributed by atoms with Crippen LogP contribution in [0.15, 0.2) is 43.0 Å². The van der Waals surface area contributed by atoms with Crippen LogP contribution in [-0.4, -0.2) is 20.5 Å². The van der Waals surface area contributed by atoms with Crippen LogP contribution in [0.3, 0.4) is 0 Å². The Balaban J connectivity index is 1.80.